The van der Waals surface area contributed by atoms with Crippen LogP contribution in [0.1, 0.15) is 12.5 Å². The summed E-state index contributed by atoms with van der Waals surface area (Å²) in [6.07, 6.45) is -5.45. The van der Waals surface area contributed by atoms with Crippen LogP contribution in [0.25, 0.3) is 0 Å². The quantitative estimate of drug-likeness (QED) is 0.610. The summed E-state index contributed by atoms with van der Waals surface area (Å²) in [5.74, 6) is 0. The van der Waals surface area contributed by atoms with Crippen LogP contribution in [0.15, 0.2) is 65.8 Å². The van der Waals surface area contributed by atoms with Crippen LogP contribution in [-0.2, 0) is 0 Å². The molecule has 1 aliphatic rings. The molecule has 0 fully saturated rings. The zero-order valence-corrected chi connectivity index (χ0v) is 15.1. The molecule has 7 heteroatoms. The van der Waals surface area contributed by atoms with Crippen LogP contribution < -0.4 is 5.01 Å². The van der Waals surface area contributed by atoms with Crippen LogP contribution in [0.3, 0.4) is 0 Å². The zero-order chi connectivity index (χ0) is 18.7. The molecule has 1 aliphatic heterocycles. The van der Waals surface area contributed by atoms with Crippen molar-refractivity contribution in [1.29, 1.82) is 0 Å². The van der Waals surface area contributed by atoms with Gasteiger partial charge >= 0.3 is 0 Å². The van der Waals surface area contributed by atoms with Crippen LogP contribution in [0.5, 0.6) is 0 Å². The van der Waals surface area contributed by atoms with Crippen molar-refractivity contribution in [2.24, 2.45) is 5.10 Å². The van der Waals surface area contributed by atoms with Crippen LogP contribution in [0.2, 0.25) is 0 Å². The van der Waals surface area contributed by atoms with Gasteiger partial charge in [-0.2, -0.15) is 5.10 Å². The van der Waals surface area contributed by atoms with Gasteiger partial charge in [0.15, 0.2) is 0 Å². The molecule has 0 unspecified atom stereocenters. The van der Waals surface area contributed by atoms with Crippen molar-refractivity contribution in [3.8, 4) is 0 Å². The van der Waals surface area contributed by atoms with Crippen molar-refractivity contribution in [2.75, 3.05) is 5.01 Å². The summed E-state index contributed by atoms with van der Waals surface area (Å²) in [5, 5.41) is 46.7. The van der Waals surface area contributed by atoms with E-state index in [1.165, 1.54) is 18.7 Å². The molecule has 2 aromatic carbocycles. The highest BCUT2D eigenvalue weighted by molar-refractivity contribution is 8.15. The molecule has 0 saturated carbocycles. The van der Waals surface area contributed by atoms with E-state index in [9.17, 15) is 20.4 Å². The van der Waals surface area contributed by atoms with Gasteiger partial charge in [-0.1, -0.05) is 60.3 Å². The van der Waals surface area contributed by atoms with Gasteiger partial charge in [-0.15, -0.1) is 0 Å². The van der Waals surface area contributed by atoms with Crippen molar-refractivity contribution < 1.29 is 20.4 Å². The van der Waals surface area contributed by atoms with E-state index >= 15 is 0 Å². The van der Waals surface area contributed by atoms with Gasteiger partial charge in [-0.25, -0.2) is 5.01 Å². The molecular weight excluding hydrogens is 352 g/mol. The first-order valence-electron chi connectivity index (χ1n) is 8.36. The molecule has 0 spiro atoms. The fraction of sp³-hybridized carbons (Fsp3) is 0.316. The third kappa shape index (κ3) is 3.92. The molecule has 4 N–H and O–H groups in total. The van der Waals surface area contributed by atoms with Crippen molar-refractivity contribution in [3.05, 3.63) is 66.2 Å². The predicted octanol–water partition coefficient (Wildman–Crippen LogP) is 1.39. The van der Waals surface area contributed by atoms with Crippen molar-refractivity contribution in [1.82, 2.24) is 0 Å². The average molecular weight is 374 g/mol. The smallest absolute Gasteiger partial charge is 0.132 e. The lowest BCUT2D eigenvalue weighted by Crippen LogP contribution is -2.50. The summed E-state index contributed by atoms with van der Waals surface area (Å²) in [7, 11) is 0. The Morgan fingerprint density at radius 1 is 0.885 bits per heavy atom. The lowest BCUT2D eigenvalue weighted by Gasteiger charge is -2.32. The van der Waals surface area contributed by atoms with E-state index in [2.05, 4.69) is 5.10 Å². The second-order valence-electron chi connectivity index (χ2n) is 6.17. The average Bonchev–Trinajstić information content (AvgIpc) is 3.13. The number of thioether (sulfide) groups is 1. The van der Waals surface area contributed by atoms with Crippen molar-refractivity contribution >= 4 is 22.5 Å². The fourth-order valence-electron chi connectivity index (χ4n) is 2.70. The topological polar surface area (TPSA) is 96.5 Å². The number of nitrogens with zero attached hydrogens (tertiary/aromatic N) is 2. The Morgan fingerprint density at radius 3 is 2.04 bits per heavy atom. The number of hydrogen-bond donors (Lipinski definition) is 4. The standard InChI is InChI=1S/C19H22N2O4S/c1-12(22)15(23)16(24)17(25)19-21(14-10-6-3-7-11-14)20-18(26-19)13-8-4-2-5-9-13/h2-12,15-17,19,22-25H,1H3/t12-,15+,16+,17-,19-/m0/s1. The Balaban J connectivity index is 1.91. The molecule has 0 radical (unpaired) electrons. The van der Waals surface area contributed by atoms with Crippen LogP contribution in [0, 0.1) is 0 Å². The molecule has 0 aromatic heterocycles. The number of aliphatic hydroxyl groups is 4. The Morgan fingerprint density at radius 2 is 1.46 bits per heavy atom. The van der Waals surface area contributed by atoms with Crippen LogP contribution >= 0.6 is 11.8 Å². The Labute approximate surface area is 156 Å². The lowest BCUT2D eigenvalue weighted by molar-refractivity contribution is -0.0995. The van der Waals surface area contributed by atoms with Gasteiger partial charge < -0.3 is 20.4 Å². The van der Waals surface area contributed by atoms with Gasteiger partial charge in [0.25, 0.3) is 0 Å². The molecule has 0 amide bonds. The summed E-state index contributed by atoms with van der Waals surface area (Å²) in [6.45, 7) is 1.36. The minimum absolute atomic E-state index is 0.643. The second kappa shape index (κ2) is 8.20. The van der Waals surface area contributed by atoms with E-state index in [0.717, 1.165) is 11.3 Å². The summed E-state index contributed by atoms with van der Waals surface area (Å²) < 4.78 is 0. The van der Waals surface area contributed by atoms with E-state index in [1.807, 2.05) is 60.7 Å². The van der Waals surface area contributed by atoms with E-state index in [0.29, 0.717) is 5.04 Å². The summed E-state index contributed by atoms with van der Waals surface area (Å²) in [4.78, 5) is 0. The molecule has 0 saturated heterocycles. The minimum atomic E-state index is -1.51. The maximum atomic E-state index is 10.7. The molecule has 3 rings (SSSR count). The first-order valence-corrected chi connectivity index (χ1v) is 9.24. The predicted molar refractivity (Wildman–Crippen MR) is 103 cm³/mol. The number of benzene rings is 2. The minimum Gasteiger partial charge on any atom is -0.391 e. The Bertz CT molecular complexity index is 742. The molecule has 0 bridgehead atoms. The number of aliphatic hydroxyl groups excluding tert-OH is 4. The van der Waals surface area contributed by atoms with Crippen molar-refractivity contribution in [3.63, 3.8) is 0 Å². The van der Waals surface area contributed by atoms with E-state index < -0.39 is 29.8 Å². The second-order valence-corrected chi connectivity index (χ2v) is 7.28. The first-order chi connectivity index (χ1) is 12.5. The highest BCUT2D eigenvalue weighted by Crippen LogP contribution is 2.36. The lowest BCUT2D eigenvalue weighted by atomic mass is 10.0. The third-order valence-electron chi connectivity index (χ3n) is 4.20. The number of para-hydroxylation sites is 1. The van der Waals surface area contributed by atoms with E-state index in [-0.39, 0.29) is 0 Å². The number of anilines is 1. The van der Waals surface area contributed by atoms with Crippen LogP contribution in [0.4, 0.5) is 5.69 Å². The monoisotopic (exact) mass is 374 g/mol. The molecule has 1 heterocycles. The number of rotatable bonds is 6. The highest BCUT2D eigenvalue weighted by Gasteiger charge is 2.41. The molecule has 6 nitrogen and oxygen atoms in total. The largest absolute Gasteiger partial charge is 0.391 e. The molecule has 26 heavy (non-hydrogen) atoms. The zero-order valence-electron chi connectivity index (χ0n) is 14.3. The van der Waals surface area contributed by atoms with Crippen molar-refractivity contribution in [2.45, 2.75) is 36.7 Å². The van der Waals surface area contributed by atoms with Gasteiger partial charge in [-0.3, -0.25) is 0 Å². The maximum Gasteiger partial charge on any atom is 0.132 e. The van der Waals surface area contributed by atoms with E-state index in [4.69, 9.17) is 0 Å². The molecule has 0 aliphatic carbocycles. The van der Waals surface area contributed by atoms with Gasteiger partial charge in [0, 0.05) is 5.56 Å². The fourth-order valence-corrected chi connectivity index (χ4v) is 3.91. The summed E-state index contributed by atoms with van der Waals surface area (Å²) in [6, 6.07) is 18.9. The van der Waals surface area contributed by atoms with Gasteiger partial charge in [-0.05, 0) is 19.1 Å². The van der Waals surface area contributed by atoms with Gasteiger partial charge in [0.05, 0.1) is 11.8 Å². The molecule has 5 atom stereocenters. The first kappa shape index (κ1) is 18.9. The third-order valence-corrected chi connectivity index (χ3v) is 5.46. The summed E-state index contributed by atoms with van der Waals surface area (Å²) >= 11 is 1.31. The Kier molecular flexibility index (Phi) is 5.95. The normalized spacial score (nSPS) is 21.8. The molecule has 138 valence electrons. The van der Waals surface area contributed by atoms with Gasteiger partial charge in [0.2, 0.25) is 0 Å². The number of hydrogen-bond acceptors (Lipinski definition) is 7. The Hall–Kier alpha value is -1.90. The highest BCUT2D eigenvalue weighted by atomic mass is 32.2. The molecule has 2 aromatic rings. The molecular formula is C19H22N2O4S. The van der Waals surface area contributed by atoms with Crippen LogP contribution in [-0.4, -0.2) is 55.3 Å². The summed E-state index contributed by atoms with van der Waals surface area (Å²) in [5.41, 5.74) is 1.66. The number of hydrazone groups is 1. The van der Waals surface area contributed by atoms with Gasteiger partial charge in [0.1, 0.15) is 28.7 Å². The van der Waals surface area contributed by atoms with E-state index in [1.54, 1.807) is 5.01 Å². The maximum absolute atomic E-state index is 10.7. The SMILES string of the molecule is C[C@H](O)[C@@H](O)[C@@H](O)[C@H](O)[C@@H]1SC(c2ccccc2)=NN1c1ccccc1.